The third-order valence-electron chi connectivity index (χ3n) is 5.99. The van der Waals surface area contributed by atoms with Crippen LogP contribution in [0.2, 0.25) is 0 Å². The topological polar surface area (TPSA) is 94.0 Å². The highest BCUT2D eigenvalue weighted by Gasteiger charge is 2.29. The molecular weight excluding hydrogens is 537 g/mol. The van der Waals surface area contributed by atoms with Crippen molar-refractivity contribution in [3.63, 3.8) is 0 Å². The summed E-state index contributed by atoms with van der Waals surface area (Å²) in [6.45, 7) is 0.151. The summed E-state index contributed by atoms with van der Waals surface area (Å²) in [5.74, 6) is -0.426. The molecule has 1 unspecified atom stereocenters. The second-order valence-corrected chi connectivity index (χ2v) is 9.99. The van der Waals surface area contributed by atoms with Crippen molar-refractivity contribution < 1.29 is 22.8 Å². The van der Waals surface area contributed by atoms with Gasteiger partial charge in [-0.3, -0.25) is 4.79 Å². The average molecular weight is 563 g/mol. The number of rotatable bonds is 9. The number of carbonyl (C=O) groups excluding carboxylic acids is 2. The fraction of sp³-hybridized carbons (Fsp3) is 0.167. The highest BCUT2D eigenvalue weighted by Crippen LogP contribution is 2.38. The van der Waals surface area contributed by atoms with E-state index in [-0.39, 0.29) is 36.0 Å². The molecule has 1 atom stereocenters. The lowest BCUT2D eigenvalue weighted by Gasteiger charge is -2.20. The van der Waals surface area contributed by atoms with Crippen LogP contribution in [0.1, 0.15) is 12.0 Å². The molecule has 0 aromatic heterocycles. The number of amides is 3. The summed E-state index contributed by atoms with van der Waals surface area (Å²) >= 11 is -0.198. The van der Waals surface area contributed by atoms with Crippen LogP contribution >= 0.6 is 11.8 Å². The molecule has 0 aliphatic carbocycles. The molecule has 0 aliphatic heterocycles. The SMILES string of the molecule is N#CCCNC(=O)C(Cc1ccc2ccccc2c1)NC(=O)Nc1ccccc1-c1ccc(SC(F)(F)F)cc1. The van der Waals surface area contributed by atoms with E-state index in [4.69, 9.17) is 5.26 Å². The number of hydrogen-bond acceptors (Lipinski definition) is 4. The van der Waals surface area contributed by atoms with Crippen LogP contribution in [0.15, 0.2) is 95.9 Å². The van der Waals surface area contributed by atoms with Crippen molar-refractivity contribution in [3.05, 3.63) is 96.6 Å². The van der Waals surface area contributed by atoms with Crippen molar-refractivity contribution >= 4 is 40.2 Å². The molecule has 6 nitrogen and oxygen atoms in total. The number of fused-ring (bicyclic) bond motifs is 1. The lowest BCUT2D eigenvalue weighted by atomic mass is 10.0. The summed E-state index contributed by atoms with van der Waals surface area (Å²) in [7, 11) is 0. The molecule has 10 heteroatoms. The van der Waals surface area contributed by atoms with Gasteiger partial charge in [-0.2, -0.15) is 18.4 Å². The quantitative estimate of drug-likeness (QED) is 0.153. The summed E-state index contributed by atoms with van der Waals surface area (Å²) < 4.78 is 38.1. The summed E-state index contributed by atoms with van der Waals surface area (Å²) in [6, 6.07) is 26.7. The first-order valence-corrected chi connectivity index (χ1v) is 13.2. The summed E-state index contributed by atoms with van der Waals surface area (Å²) in [4.78, 5) is 26.1. The number of alkyl halides is 3. The van der Waals surface area contributed by atoms with Crippen molar-refractivity contribution in [1.29, 1.82) is 5.26 Å². The fourth-order valence-electron chi connectivity index (χ4n) is 4.17. The van der Waals surface area contributed by atoms with E-state index in [0.717, 1.165) is 16.3 Å². The van der Waals surface area contributed by atoms with Crippen LogP contribution in [0.5, 0.6) is 0 Å². The number of halogens is 3. The second-order valence-electron chi connectivity index (χ2n) is 8.85. The van der Waals surface area contributed by atoms with Crippen LogP contribution in [0, 0.1) is 11.3 Å². The molecule has 0 saturated carbocycles. The summed E-state index contributed by atoms with van der Waals surface area (Å²) in [6.07, 6.45) is 0.352. The van der Waals surface area contributed by atoms with E-state index in [1.165, 1.54) is 12.1 Å². The van der Waals surface area contributed by atoms with Crippen LogP contribution in [0.4, 0.5) is 23.7 Å². The summed E-state index contributed by atoms with van der Waals surface area (Å²) in [5, 5.41) is 19.0. The smallest absolute Gasteiger partial charge is 0.353 e. The van der Waals surface area contributed by atoms with Gasteiger partial charge in [-0.15, -0.1) is 0 Å². The predicted molar refractivity (Wildman–Crippen MR) is 151 cm³/mol. The van der Waals surface area contributed by atoms with Crippen LogP contribution in [0.3, 0.4) is 0 Å². The molecule has 0 saturated heterocycles. The van der Waals surface area contributed by atoms with Crippen LogP contribution in [-0.2, 0) is 11.2 Å². The van der Waals surface area contributed by atoms with Gasteiger partial charge in [0.25, 0.3) is 0 Å². The van der Waals surface area contributed by atoms with Gasteiger partial charge >= 0.3 is 11.5 Å². The Morgan fingerprint density at radius 1 is 0.900 bits per heavy atom. The van der Waals surface area contributed by atoms with Crippen LogP contribution in [0.25, 0.3) is 21.9 Å². The van der Waals surface area contributed by atoms with Crippen LogP contribution < -0.4 is 16.0 Å². The number of nitrogens with one attached hydrogen (secondary N) is 3. The Balaban J connectivity index is 1.50. The highest BCUT2D eigenvalue weighted by atomic mass is 32.2. The zero-order chi connectivity index (χ0) is 28.5. The van der Waals surface area contributed by atoms with Gasteiger partial charge in [0.05, 0.1) is 18.2 Å². The molecule has 3 amide bonds. The molecule has 0 bridgehead atoms. The maximum atomic E-state index is 13.1. The number of hydrogen-bond donors (Lipinski definition) is 3. The number of urea groups is 1. The van der Waals surface area contributed by atoms with E-state index in [9.17, 15) is 22.8 Å². The molecule has 4 aromatic carbocycles. The standard InChI is InChI=1S/C30H25F3N4O2S/c31-30(32,33)40-24-14-12-22(13-15-24)25-8-3-4-9-26(25)36-29(39)37-27(28(38)35-17-5-16-34)19-20-10-11-21-6-1-2-7-23(21)18-20/h1-4,6-15,18,27H,5,17,19H2,(H,35,38)(H2,36,37,39). The minimum atomic E-state index is -4.39. The largest absolute Gasteiger partial charge is 0.446 e. The molecule has 0 radical (unpaired) electrons. The maximum absolute atomic E-state index is 13.1. The first-order chi connectivity index (χ1) is 19.2. The van der Waals surface area contributed by atoms with E-state index in [1.54, 1.807) is 36.4 Å². The van der Waals surface area contributed by atoms with Gasteiger partial charge in [0.2, 0.25) is 5.91 Å². The van der Waals surface area contributed by atoms with Gasteiger partial charge in [-0.05, 0) is 51.9 Å². The number of nitriles is 1. The molecule has 0 fully saturated rings. The normalized spacial score (nSPS) is 11.8. The molecule has 4 aromatic rings. The van der Waals surface area contributed by atoms with Crippen molar-refractivity contribution in [3.8, 4) is 17.2 Å². The van der Waals surface area contributed by atoms with E-state index < -0.39 is 23.5 Å². The minimum absolute atomic E-state index is 0.0541. The zero-order valence-electron chi connectivity index (χ0n) is 21.2. The molecule has 40 heavy (non-hydrogen) atoms. The van der Waals surface area contributed by atoms with Crippen molar-refractivity contribution in [2.75, 3.05) is 11.9 Å². The zero-order valence-corrected chi connectivity index (χ0v) is 22.0. The van der Waals surface area contributed by atoms with Gasteiger partial charge in [-0.25, -0.2) is 4.79 Å². The van der Waals surface area contributed by atoms with Gasteiger partial charge in [0.15, 0.2) is 0 Å². The van der Waals surface area contributed by atoms with Crippen molar-refractivity contribution in [2.45, 2.75) is 29.3 Å². The molecule has 0 heterocycles. The maximum Gasteiger partial charge on any atom is 0.446 e. The average Bonchev–Trinajstić information content (AvgIpc) is 2.92. The van der Waals surface area contributed by atoms with Crippen molar-refractivity contribution in [2.24, 2.45) is 0 Å². The third-order valence-corrected chi connectivity index (χ3v) is 6.73. The number of benzene rings is 4. The predicted octanol–water partition coefficient (Wildman–Crippen LogP) is 6.88. The van der Waals surface area contributed by atoms with Gasteiger partial charge in [0, 0.05) is 23.4 Å². The van der Waals surface area contributed by atoms with Gasteiger partial charge in [-0.1, -0.05) is 72.8 Å². The number of para-hydroxylation sites is 1. The van der Waals surface area contributed by atoms with Crippen molar-refractivity contribution in [1.82, 2.24) is 10.6 Å². The Labute approximate surface area is 233 Å². The van der Waals surface area contributed by atoms with E-state index in [0.29, 0.717) is 16.8 Å². The first-order valence-electron chi connectivity index (χ1n) is 12.4. The minimum Gasteiger partial charge on any atom is -0.353 e. The molecular formula is C30H25F3N4O2S. The summed E-state index contributed by atoms with van der Waals surface area (Å²) in [5.41, 5.74) is -1.90. The molecule has 3 N–H and O–H groups in total. The molecule has 4 rings (SSSR count). The van der Waals surface area contributed by atoms with E-state index >= 15 is 0 Å². The fourth-order valence-corrected chi connectivity index (χ4v) is 4.71. The molecule has 0 spiro atoms. The lowest BCUT2D eigenvalue weighted by Crippen LogP contribution is -2.49. The number of anilines is 1. The number of thioether (sulfide) groups is 1. The van der Waals surface area contributed by atoms with E-state index in [1.807, 2.05) is 48.5 Å². The lowest BCUT2D eigenvalue weighted by molar-refractivity contribution is -0.122. The second kappa shape index (κ2) is 13.0. The third kappa shape index (κ3) is 8.01. The Morgan fingerprint density at radius 2 is 1.60 bits per heavy atom. The molecule has 204 valence electrons. The van der Waals surface area contributed by atoms with Gasteiger partial charge in [0.1, 0.15) is 6.04 Å². The highest BCUT2D eigenvalue weighted by molar-refractivity contribution is 8.00. The number of nitrogens with zero attached hydrogens (tertiary/aromatic N) is 1. The first kappa shape index (κ1) is 28.5. The number of carbonyl (C=O) groups is 2. The van der Waals surface area contributed by atoms with Crippen LogP contribution in [-0.4, -0.2) is 30.0 Å². The Kier molecular flexibility index (Phi) is 9.30. The van der Waals surface area contributed by atoms with E-state index in [2.05, 4.69) is 16.0 Å². The Morgan fingerprint density at radius 3 is 2.33 bits per heavy atom. The monoisotopic (exact) mass is 562 g/mol. The Bertz CT molecular complexity index is 1530. The van der Waals surface area contributed by atoms with Gasteiger partial charge < -0.3 is 16.0 Å². The molecule has 0 aliphatic rings. The Hall–Kier alpha value is -4.49.